The number of rotatable bonds is 2. The lowest BCUT2D eigenvalue weighted by molar-refractivity contribution is 0.581. The zero-order chi connectivity index (χ0) is 13.9. The first-order valence-electron chi connectivity index (χ1n) is 6.70. The van der Waals surface area contributed by atoms with Crippen molar-refractivity contribution >= 4 is 0 Å². The van der Waals surface area contributed by atoms with Gasteiger partial charge in [-0.15, -0.1) is 0 Å². The van der Waals surface area contributed by atoms with Crippen molar-refractivity contribution in [1.29, 1.82) is 5.26 Å². The van der Waals surface area contributed by atoms with Gasteiger partial charge < -0.3 is 9.88 Å². The number of nitriles is 1. The average Bonchev–Trinajstić information content (AvgIpc) is 2.51. The molecule has 0 aliphatic carbocycles. The van der Waals surface area contributed by atoms with E-state index in [0.29, 0.717) is 6.54 Å². The Morgan fingerprint density at radius 3 is 2.85 bits per heavy atom. The summed E-state index contributed by atoms with van der Waals surface area (Å²) in [6.07, 6.45) is 0.823. The SMILES string of the molecule is N#Cc1cc2c(n(Cc3ccccc3)c1=O)CCNC2. The van der Waals surface area contributed by atoms with E-state index < -0.39 is 0 Å². The summed E-state index contributed by atoms with van der Waals surface area (Å²) < 4.78 is 1.75. The van der Waals surface area contributed by atoms with Crippen LogP contribution in [0.3, 0.4) is 0 Å². The molecule has 0 fully saturated rings. The molecule has 0 spiro atoms. The van der Waals surface area contributed by atoms with Crippen molar-refractivity contribution in [2.45, 2.75) is 19.5 Å². The minimum absolute atomic E-state index is 0.183. The Morgan fingerprint density at radius 2 is 2.10 bits per heavy atom. The lowest BCUT2D eigenvalue weighted by Crippen LogP contribution is -2.34. The monoisotopic (exact) mass is 265 g/mol. The molecule has 2 heterocycles. The second-order valence-corrected chi connectivity index (χ2v) is 4.95. The van der Waals surface area contributed by atoms with E-state index in [-0.39, 0.29) is 11.1 Å². The van der Waals surface area contributed by atoms with Crippen LogP contribution in [0, 0.1) is 11.3 Å². The third-order valence-electron chi connectivity index (χ3n) is 3.65. The predicted octanol–water partition coefficient (Wildman–Crippen LogP) is 1.41. The van der Waals surface area contributed by atoms with Gasteiger partial charge in [-0.25, -0.2) is 0 Å². The van der Waals surface area contributed by atoms with Gasteiger partial charge >= 0.3 is 0 Å². The van der Waals surface area contributed by atoms with Crippen LogP contribution in [0.1, 0.15) is 22.4 Å². The smallest absolute Gasteiger partial charge is 0.268 e. The first kappa shape index (κ1) is 12.6. The summed E-state index contributed by atoms with van der Waals surface area (Å²) in [7, 11) is 0. The molecular formula is C16H15N3O. The number of aromatic nitrogens is 1. The molecule has 0 bridgehead atoms. The second-order valence-electron chi connectivity index (χ2n) is 4.95. The Hall–Kier alpha value is -2.38. The topological polar surface area (TPSA) is 57.8 Å². The van der Waals surface area contributed by atoms with Gasteiger partial charge in [0.05, 0.1) is 6.54 Å². The van der Waals surface area contributed by atoms with Crippen LogP contribution >= 0.6 is 0 Å². The van der Waals surface area contributed by atoms with Gasteiger partial charge in [0.1, 0.15) is 11.6 Å². The normalized spacial score (nSPS) is 13.6. The maximum absolute atomic E-state index is 12.4. The zero-order valence-electron chi connectivity index (χ0n) is 11.1. The van der Waals surface area contributed by atoms with Crippen molar-refractivity contribution < 1.29 is 0 Å². The van der Waals surface area contributed by atoms with E-state index in [9.17, 15) is 4.79 Å². The van der Waals surface area contributed by atoms with Gasteiger partial charge in [-0.05, 0) is 17.2 Å². The number of nitrogens with one attached hydrogen (secondary N) is 1. The maximum Gasteiger partial charge on any atom is 0.268 e. The van der Waals surface area contributed by atoms with Crippen molar-refractivity contribution in [1.82, 2.24) is 9.88 Å². The second kappa shape index (κ2) is 5.32. The van der Waals surface area contributed by atoms with E-state index in [1.54, 1.807) is 10.6 Å². The molecule has 3 rings (SSSR count). The molecule has 0 atom stereocenters. The summed E-state index contributed by atoms with van der Waals surface area (Å²) >= 11 is 0. The summed E-state index contributed by atoms with van der Waals surface area (Å²) in [6.45, 7) is 2.11. The largest absolute Gasteiger partial charge is 0.312 e. The van der Waals surface area contributed by atoms with Crippen molar-refractivity contribution in [2.24, 2.45) is 0 Å². The van der Waals surface area contributed by atoms with Gasteiger partial charge in [-0.3, -0.25) is 4.79 Å². The van der Waals surface area contributed by atoms with Crippen LogP contribution in [0.2, 0.25) is 0 Å². The fraction of sp³-hybridized carbons (Fsp3) is 0.250. The van der Waals surface area contributed by atoms with Crippen molar-refractivity contribution in [3.63, 3.8) is 0 Å². The Labute approximate surface area is 117 Å². The van der Waals surface area contributed by atoms with Crippen LogP contribution < -0.4 is 10.9 Å². The third-order valence-corrected chi connectivity index (χ3v) is 3.65. The molecule has 0 saturated carbocycles. The fourth-order valence-electron chi connectivity index (χ4n) is 2.65. The lowest BCUT2D eigenvalue weighted by Gasteiger charge is -2.22. The molecule has 4 heteroatoms. The molecule has 1 aromatic carbocycles. The molecule has 2 aromatic rings. The molecule has 20 heavy (non-hydrogen) atoms. The van der Waals surface area contributed by atoms with Crippen LogP contribution in [0.15, 0.2) is 41.2 Å². The van der Waals surface area contributed by atoms with E-state index in [0.717, 1.165) is 36.3 Å². The number of hydrogen-bond acceptors (Lipinski definition) is 3. The van der Waals surface area contributed by atoms with Crippen LogP contribution in [-0.2, 0) is 19.5 Å². The third kappa shape index (κ3) is 2.24. The maximum atomic E-state index is 12.4. The molecule has 0 amide bonds. The van der Waals surface area contributed by atoms with E-state index in [4.69, 9.17) is 5.26 Å². The quantitative estimate of drug-likeness (QED) is 0.893. The number of nitrogens with zero attached hydrogens (tertiary/aromatic N) is 2. The van der Waals surface area contributed by atoms with E-state index in [1.165, 1.54) is 0 Å². The Kier molecular flexibility index (Phi) is 3.36. The van der Waals surface area contributed by atoms with E-state index >= 15 is 0 Å². The highest BCUT2D eigenvalue weighted by Crippen LogP contribution is 2.15. The summed E-state index contributed by atoms with van der Waals surface area (Å²) in [5.41, 5.74) is 3.23. The van der Waals surface area contributed by atoms with Crippen molar-refractivity contribution in [2.75, 3.05) is 6.54 Å². The minimum atomic E-state index is -0.183. The summed E-state index contributed by atoms with van der Waals surface area (Å²) in [6, 6.07) is 13.6. The van der Waals surface area contributed by atoms with Gasteiger partial charge in [0.2, 0.25) is 0 Å². The highest BCUT2D eigenvalue weighted by Gasteiger charge is 2.17. The van der Waals surface area contributed by atoms with Gasteiger partial charge in [-0.2, -0.15) is 5.26 Å². The molecule has 0 radical (unpaired) electrons. The van der Waals surface area contributed by atoms with Gasteiger partial charge in [0.25, 0.3) is 5.56 Å². The molecule has 0 saturated heterocycles. The predicted molar refractivity (Wildman–Crippen MR) is 76.4 cm³/mol. The highest BCUT2D eigenvalue weighted by atomic mass is 16.1. The average molecular weight is 265 g/mol. The summed E-state index contributed by atoms with van der Waals surface area (Å²) in [5.74, 6) is 0. The molecule has 0 unspecified atom stereocenters. The van der Waals surface area contributed by atoms with Gasteiger partial charge in [0.15, 0.2) is 0 Å². The Balaban J connectivity index is 2.13. The van der Waals surface area contributed by atoms with Gasteiger partial charge in [-0.1, -0.05) is 30.3 Å². The standard InChI is InChI=1S/C16H15N3O/c17-9-13-8-14-10-18-7-6-15(14)19(16(13)20)11-12-4-2-1-3-5-12/h1-5,8,18H,6-7,10-11H2. The molecule has 1 N–H and O–H groups in total. The minimum Gasteiger partial charge on any atom is -0.312 e. The van der Waals surface area contributed by atoms with Crippen LogP contribution in [0.5, 0.6) is 0 Å². The van der Waals surface area contributed by atoms with E-state index in [1.807, 2.05) is 36.4 Å². The van der Waals surface area contributed by atoms with Crippen LogP contribution in [-0.4, -0.2) is 11.1 Å². The van der Waals surface area contributed by atoms with E-state index in [2.05, 4.69) is 5.32 Å². The number of hydrogen-bond donors (Lipinski definition) is 1. The van der Waals surface area contributed by atoms with Crippen molar-refractivity contribution in [3.8, 4) is 6.07 Å². The molecular weight excluding hydrogens is 250 g/mol. The lowest BCUT2D eigenvalue weighted by atomic mass is 10.0. The van der Waals surface area contributed by atoms with Crippen molar-refractivity contribution in [3.05, 3.63) is 69.1 Å². The molecule has 100 valence electrons. The zero-order valence-corrected chi connectivity index (χ0v) is 11.1. The number of pyridine rings is 1. The first-order chi connectivity index (χ1) is 9.79. The summed E-state index contributed by atoms with van der Waals surface area (Å²) in [5, 5.41) is 12.4. The fourth-order valence-corrected chi connectivity index (χ4v) is 2.65. The Morgan fingerprint density at radius 1 is 1.30 bits per heavy atom. The highest BCUT2D eigenvalue weighted by molar-refractivity contribution is 5.36. The Bertz CT molecular complexity index is 726. The molecule has 1 aliphatic heterocycles. The molecule has 4 nitrogen and oxygen atoms in total. The van der Waals surface area contributed by atoms with Crippen LogP contribution in [0.4, 0.5) is 0 Å². The summed E-state index contributed by atoms with van der Waals surface area (Å²) in [4.78, 5) is 12.4. The number of benzene rings is 1. The molecule has 1 aliphatic rings. The van der Waals surface area contributed by atoms with Crippen LogP contribution in [0.25, 0.3) is 0 Å². The molecule has 1 aromatic heterocycles. The number of fused-ring (bicyclic) bond motifs is 1. The van der Waals surface area contributed by atoms with Gasteiger partial charge in [0, 0.05) is 25.2 Å². The first-order valence-corrected chi connectivity index (χ1v) is 6.70.